The van der Waals surface area contributed by atoms with Crippen molar-refractivity contribution in [2.45, 2.75) is 6.54 Å². The van der Waals surface area contributed by atoms with E-state index in [1.165, 1.54) is 6.07 Å². The van der Waals surface area contributed by atoms with Crippen molar-refractivity contribution < 1.29 is 9.60 Å². The molecule has 4 nitrogen and oxygen atoms in total. The maximum Gasteiger partial charge on any atom is 0.170 e. The molecule has 0 saturated carbocycles. The van der Waals surface area contributed by atoms with Crippen LogP contribution >= 0.6 is 11.6 Å². The molecule has 0 radical (unpaired) electrons. The fourth-order valence-corrected chi connectivity index (χ4v) is 2.20. The third-order valence-corrected chi connectivity index (χ3v) is 3.50. The van der Waals surface area contributed by atoms with Gasteiger partial charge in [-0.2, -0.15) is 0 Å². The molecular formula is C15H15ClFN3O. The van der Waals surface area contributed by atoms with Gasteiger partial charge in [0.15, 0.2) is 5.84 Å². The van der Waals surface area contributed by atoms with Gasteiger partial charge in [0.2, 0.25) is 0 Å². The third kappa shape index (κ3) is 3.44. The Morgan fingerprint density at radius 1 is 1.33 bits per heavy atom. The van der Waals surface area contributed by atoms with E-state index in [0.717, 1.165) is 5.56 Å². The minimum absolute atomic E-state index is 0.130. The van der Waals surface area contributed by atoms with Crippen LogP contribution < -0.4 is 10.6 Å². The monoisotopic (exact) mass is 307 g/mol. The standard InChI is InChI=1S/C15H15ClFN3O/c1-20(9-11-4-2-3-5-12(11)16)14-7-6-10(8-13(14)17)15(18)19-21/h2-8,21H,9H2,1H3,(H2,18,19). The van der Waals surface area contributed by atoms with E-state index in [2.05, 4.69) is 5.16 Å². The van der Waals surface area contributed by atoms with Crippen LogP contribution in [0.5, 0.6) is 0 Å². The summed E-state index contributed by atoms with van der Waals surface area (Å²) < 4.78 is 14.1. The largest absolute Gasteiger partial charge is 0.409 e. The fourth-order valence-electron chi connectivity index (χ4n) is 2.00. The summed E-state index contributed by atoms with van der Waals surface area (Å²) in [7, 11) is 1.77. The van der Waals surface area contributed by atoms with Crippen LogP contribution in [0.25, 0.3) is 0 Å². The zero-order valence-corrected chi connectivity index (χ0v) is 12.2. The minimum atomic E-state index is -0.450. The van der Waals surface area contributed by atoms with E-state index >= 15 is 0 Å². The summed E-state index contributed by atoms with van der Waals surface area (Å²) in [4.78, 5) is 1.74. The first kappa shape index (κ1) is 15.1. The molecule has 2 rings (SSSR count). The van der Waals surface area contributed by atoms with Crippen LogP contribution in [0.15, 0.2) is 47.6 Å². The zero-order chi connectivity index (χ0) is 15.4. The highest BCUT2D eigenvalue weighted by atomic mass is 35.5. The first-order chi connectivity index (χ1) is 10.0. The molecule has 0 aliphatic heterocycles. The van der Waals surface area contributed by atoms with Gasteiger partial charge in [-0.05, 0) is 29.8 Å². The van der Waals surface area contributed by atoms with Crippen molar-refractivity contribution in [2.24, 2.45) is 10.9 Å². The summed E-state index contributed by atoms with van der Waals surface area (Å²) in [5.41, 5.74) is 7.07. The van der Waals surface area contributed by atoms with Crippen molar-refractivity contribution in [1.82, 2.24) is 0 Å². The quantitative estimate of drug-likeness (QED) is 0.394. The van der Waals surface area contributed by atoms with Crippen LogP contribution in [0.3, 0.4) is 0 Å². The SMILES string of the molecule is CN(Cc1ccccc1Cl)c1ccc(C(N)=NO)cc1F. The Labute approximate surface area is 127 Å². The Kier molecular flexibility index (Phi) is 4.65. The Morgan fingerprint density at radius 2 is 2.05 bits per heavy atom. The summed E-state index contributed by atoms with van der Waals surface area (Å²) in [6.45, 7) is 0.472. The minimum Gasteiger partial charge on any atom is -0.409 e. The Morgan fingerprint density at radius 3 is 2.67 bits per heavy atom. The molecule has 0 bridgehead atoms. The van der Waals surface area contributed by atoms with Crippen LogP contribution in [0.1, 0.15) is 11.1 Å². The number of hydrogen-bond acceptors (Lipinski definition) is 3. The van der Waals surface area contributed by atoms with Crippen molar-refractivity contribution in [1.29, 1.82) is 0 Å². The molecule has 0 spiro atoms. The van der Waals surface area contributed by atoms with Crippen molar-refractivity contribution in [3.8, 4) is 0 Å². The van der Waals surface area contributed by atoms with Gasteiger partial charge >= 0.3 is 0 Å². The van der Waals surface area contributed by atoms with Gasteiger partial charge in [0.05, 0.1) is 5.69 Å². The lowest BCUT2D eigenvalue weighted by Gasteiger charge is -2.21. The molecule has 0 unspecified atom stereocenters. The average Bonchev–Trinajstić information content (AvgIpc) is 2.48. The highest BCUT2D eigenvalue weighted by Crippen LogP contribution is 2.23. The smallest absolute Gasteiger partial charge is 0.170 e. The van der Waals surface area contributed by atoms with E-state index in [1.54, 1.807) is 30.1 Å². The lowest BCUT2D eigenvalue weighted by Crippen LogP contribution is -2.19. The average molecular weight is 308 g/mol. The Balaban J connectivity index is 2.24. The maximum absolute atomic E-state index is 14.1. The number of halogens is 2. The summed E-state index contributed by atoms with van der Waals surface area (Å²) in [5.74, 6) is -0.581. The zero-order valence-electron chi connectivity index (χ0n) is 11.4. The summed E-state index contributed by atoms with van der Waals surface area (Å²) >= 11 is 6.10. The predicted molar refractivity (Wildman–Crippen MR) is 82.5 cm³/mol. The van der Waals surface area contributed by atoms with Crippen LogP contribution in [0.2, 0.25) is 5.02 Å². The van der Waals surface area contributed by atoms with Crippen LogP contribution in [-0.4, -0.2) is 18.1 Å². The molecule has 0 saturated heterocycles. The molecule has 0 atom stereocenters. The molecule has 0 aliphatic rings. The number of anilines is 1. The third-order valence-electron chi connectivity index (χ3n) is 3.13. The van der Waals surface area contributed by atoms with Gasteiger partial charge in [0.1, 0.15) is 5.82 Å². The fraction of sp³-hybridized carbons (Fsp3) is 0.133. The lowest BCUT2D eigenvalue weighted by atomic mass is 10.1. The number of oxime groups is 1. The van der Waals surface area contributed by atoms with E-state index in [4.69, 9.17) is 22.5 Å². The molecule has 21 heavy (non-hydrogen) atoms. The molecule has 3 N–H and O–H groups in total. The molecule has 0 aliphatic carbocycles. The summed E-state index contributed by atoms with van der Waals surface area (Å²) in [5, 5.41) is 12.1. The van der Waals surface area contributed by atoms with Gasteiger partial charge in [0, 0.05) is 24.2 Å². The van der Waals surface area contributed by atoms with E-state index in [0.29, 0.717) is 22.8 Å². The van der Waals surface area contributed by atoms with Crippen molar-refractivity contribution in [3.05, 3.63) is 64.4 Å². The van der Waals surface area contributed by atoms with Gasteiger partial charge in [-0.1, -0.05) is 35.0 Å². The lowest BCUT2D eigenvalue weighted by molar-refractivity contribution is 0.318. The predicted octanol–water partition coefficient (Wildman–Crippen LogP) is 3.21. The van der Waals surface area contributed by atoms with Gasteiger partial charge in [-0.15, -0.1) is 0 Å². The van der Waals surface area contributed by atoms with Crippen LogP contribution in [-0.2, 0) is 6.54 Å². The van der Waals surface area contributed by atoms with E-state index in [1.807, 2.05) is 18.2 Å². The number of nitrogens with two attached hydrogens (primary N) is 1. The second-order valence-electron chi connectivity index (χ2n) is 4.60. The summed E-state index contributed by atoms with van der Waals surface area (Å²) in [6.07, 6.45) is 0. The normalized spacial score (nSPS) is 11.5. The van der Waals surface area contributed by atoms with Crippen LogP contribution in [0, 0.1) is 5.82 Å². The molecule has 0 amide bonds. The van der Waals surface area contributed by atoms with Gasteiger partial charge in [-0.25, -0.2) is 4.39 Å². The van der Waals surface area contributed by atoms with Crippen molar-refractivity contribution in [3.63, 3.8) is 0 Å². The van der Waals surface area contributed by atoms with Crippen molar-refractivity contribution >= 4 is 23.1 Å². The molecule has 0 fully saturated rings. The molecule has 2 aromatic carbocycles. The maximum atomic E-state index is 14.1. The first-order valence-electron chi connectivity index (χ1n) is 6.25. The molecule has 0 aromatic heterocycles. The highest BCUT2D eigenvalue weighted by Gasteiger charge is 2.11. The number of hydrogen-bond donors (Lipinski definition) is 2. The first-order valence-corrected chi connectivity index (χ1v) is 6.62. The number of nitrogens with zero attached hydrogens (tertiary/aromatic N) is 2. The molecule has 6 heteroatoms. The van der Waals surface area contributed by atoms with E-state index < -0.39 is 5.82 Å². The molecular weight excluding hydrogens is 293 g/mol. The van der Waals surface area contributed by atoms with Gasteiger partial charge in [-0.3, -0.25) is 0 Å². The summed E-state index contributed by atoms with van der Waals surface area (Å²) in [6, 6.07) is 11.8. The number of amidine groups is 1. The second kappa shape index (κ2) is 6.45. The topological polar surface area (TPSA) is 61.8 Å². The van der Waals surface area contributed by atoms with E-state index in [-0.39, 0.29) is 5.84 Å². The Bertz CT molecular complexity index is 676. The Hall–Kier alpha value is -2.27. The number of rotatable bonds is 4. The highest BCUT2D eigenvalue weighted by molar-refractivity contribution is 6.31. The van der Waals surface area contributed by atoms with Gasteiger partial charge in [0.25, 0.3) is 0 Å². The molecule has 110 valence electrons. The van der Waals surface area contributed by atoms with E-state index in [9.17, 15) is 4.39 Å². The molecule has 0 heterocycles. The van der Waals surface area contributed by atoms with Gasteiger partial charge < -0.3 is 15.8 Å². The molecule has 2 aromatic rings. The van der Waals surface area contributed by atoms with Crippen LogP contribution in [0.4, 0.5) is 10.1 Å². The van der Waals surface area contributed by atoms with Crippen molar-refractivity contribution in [2.75, 3.05) is 11.9 Å². The second-order valence-corrected chi connectivity index (χ2v) is 5.01. The number of benzene rings is 2.